The minimum absolute atomic E-state index is 0.0810. The van der Waals surface area contributed by atoms with Crippen molar-refractivity contribution in [3.8, 4) is 6.01 Å². The number of fused-ring (bicyclic) bond motifs is 1. The van der Waals surface area contributed by atoms with Crippen molar-refractivity contribution >= 4 is 23.2 Å². The monoisotopic (exact) mass is 575 g/mol. The molecule has 226 valence electrons. The van der Waals surface area contributed by atoms with Gasteiger partial charge in [-0.3, -0.25) is 4.79 Å². The van der Waals surface area contributed by atoms with Crippen molar-refractivity contribution < 1.29 is 9.53 Å². The number of nitrogens with one attached hydrogen (secondary N) is 1. The van der Waals surface area contributed by atoms with Crippen molar-refractivity contribution in [2.45, 2.75) is 45.3 Å². The summed E-state index contributed by atoms with van der Waals surface area (Å²) < 4.78 is 8.10. The number of carbonyl (C=O) groups excluding carboxylic acids is 1. The van der Waals surface area contributed by atoms with Crippen molar-refractivity contribution in [1.29, 1.82) is 0 Å². The maximum atomic E-state index is 12.6. The zero-order valence-corrected chi connectivity index (χ0v) is 25.7. The number of likely N-dealkylation sites (N-methyl/N-ethyl adjacent to an activating group) is 1. The fraction of sp³-hybridized carbons (Fsp3) is 0.548. The first-order valence-electron chi connectivity index (χ1n) is 15.1. The summed E-state index contributed by atoms with van der Waals surface area (Å²) in [5, 5.41) is 8.17. The molecule has 1 amide bonds. The first-order valence-corrected chi connectivity index (χ1v) is 15.1. The highest BCUT2D eigenvalue weighted by molar-refractivity contribution is 5.87. The predicted molar refractivity (Wildman–Crippen MR) is 166 cm³/mol. The van der Waals surface area contributed by atoms with Crippen molar-refractivity contribution in [2.75, 3.05) is 77.2 Å². The fourth-order valence-electron chi connectivity index (χ4n) is 5.48. The van der Waals surface area contributed by atoms with Gasteiger partial charge in [-0.05, 0) is 51.5 Å². The third-order valence-corrected chi connectivity index (χ3v) is 8.03. The molecule has 0 spiro atoms. The number of aromatic nitrogens is 4. The van der Waals surface area contributed by atoms with Crippen molar-refractivity contribution in [1.82, 2.24) is 34.3 Å². The number of piperidine rings is 1. The van der Waals surface area contributed by atoms with Crippen LogP contribution in [0.25, 0.3) is 5.65 Å². The van der Waals surface area contributed by atoms with E-state index in [1.807, 2.05) is 36.2 Å². The number of hydrogen-bond acceptors (Lipinski definition) is 9. The second-order valence-corrected chi connectivity index (χ2v) is 11.9. The molecule has 2 fully saturated rings. The number of nitrogens with zero attached hydrogens (tertiary/aromatic N) is 8. The number of rotatable bonds is 10. The van der Waals surface area contributed by atoms with Gasteiger partial charge in [0.15, 0.2) is 5.65 Å². The first-order chi connectivity index (χ1) is 20.3. The maximum absolute atomic E-state index is 12.6. The van der Waals surface area contributed by atoms with Crippen LogP contribution in [0.1, 0.15) is 43.7 Å². The van der Waals surface area contributed by atoms with Gasteiger partial charge in [0, 0.05) is 69.7 Å². The van der Waals surface area contributed by atoms with Gasteiger partial charge in [0.1, 0.15) is 6.10 Å². The lowest BCUT2D eigenvalue weighted by Crippen LogP contribution is -2.48. The summed E-state index contributed by atoms with van der Waals surface area (Å²) in [7, 11) is 6.13. The molecular weight excluding hydrogens is 530 g/mol. The Morgan fingerprint density at radius 3 is 2.55 bits per heavy atom. The number of piperazine rings is 1. The van der Waals surface area contributed by atoms with Crippen LogP contribution in [0, 0.1) is 0 Å². The van der Waals surface area contributed by atoms with E-state index in [1.165, 1.54) is 0 Å². The number of anilines is 2. The van der Waals surface area contributed by atoms with E-state index < -0.39 is 0 Å². The lowest BCUT2D eigenvalue weighted by Gasteiger charge is -2.36. The van der Waals surface area contributed by atoms with Crippen LogP contribution in [-0.4, -0.2) is 113 Å². The number of ether oxygens (including phenoxy) is 1. The van der Waals surface area contributed by atoms with E-state index in [1.54, 1.807) is 10.6 Å². The molecule has 0 bridgehead atoms. The molecule has 0 saturated carbocycles. The average molecular weight is 576 g/mol. The summed E-state index contributed by atoms with van der Waals surface area (Å²) >= 11 is 0. The number of benzene rings is 1. The Morgan fingerprint density at radius 2 is 1.83 bits per heavy atom. The van der Waals surface area contributed by atoms with Crippen LogP contribution in [0.3, 0.4) is 0 Å². The molecule has 2 aromatic heterocycles. The first kappa shape index (κ1) is 29.8. The second kappa shape index (κ2) is 13.5. The Morgan fingerprint density at radius 1 is 1.10 bits per heavy atom. The molecule has 0 atom stereocenters. The zero-order chi connectivity index (χ0) is 29.6. The van der Waals surface area contributed by atoms with Crippen LogP contribution >= 0.6 is 0 Å². The molecule has 3 aromatic rings. The van der Waals surface area contributed by atoms with Gasteiger partial charge in [0.2, 0.25) is 11.9 Å². The molecular formula is C31H45N9O2. The lowest BCUT2D eigenvalue weighted by atomic mass is 10.1. The summed E-state index contributed by atoms with van der Waals surface area (Å²) in [6.07, 6.45) is 7.53. The van der Waals surface area contributed by atoms with Crippen molar-refractivity contribution in [3.63, 3.8) is 0 Å². The maximum Gasteiger partial charge on any atom is 0.322 e. The molecule has 4 heterocycles. The standard InChI is InChI=1S/C31H45N9O2/c1-23(2)26-22-33-40-29(26)34-31(42-25-12-15-37(5)16-13-25)35-30(40)32-21-24-9-6-7-10-27(24)38-17-19-39(20-18-38)28(41)11-8-14-36(3)4/h6-11,22-23,25H,12-21H2,1-5H3,(H,32,34,35)/b11-8+. The Kier molecular flexibility index (Phi) is 9.58. The summed E-state index contributed by atoms with van der Waals surface area (Å²) in [5.74, 6) is 0.971. The molecule has 5 rings (SSSR count). The molecule has 0 aliphatic carbocycles. The highest BCUT2D eigenvalue weighted by Crippen LogP contribution is 2.26. The largest absolute Gasteiger partial charge is 0.460 e. The normalized spacial score (nSPS) is 17.2. The molecule has 1 aromatic carbocycles. The highest BCUT2D eigenvalue weighted by atomic mass is 16.5. The Hall–Kier alpha value is -3.70. The lowest BCUT2D eigenvalue weighted by molar-refractivity contribution is -0.126. The average Bonchev–Trinajstić information content (AvgIpc) is 3.42. The molecule has 42 heavy (non-hydrogen) atoms. The second-order valence-electron chi connectivity index (χ2n) is 11.9. The molecule has 0 unspecified atom stereocenters. The van der Waals surface area contributed by atoms with Crippen LogP contribution in [-0.2, 0) is 11.3 Å². The Bertz CT molecular complexity index is 1370. The van der Waals surface area contributed by atoms with Crippen LogP contribution in [0.15, 0.2) is 42.6 Å². The third kappa shape index (κ3) is 7.19. The smallest absolute Gasteiger partial charge is 0.322 e. The molecule has 2 aliphatic heterocycles. The van der Waals surface area contributed by atoms with Gasteiger partial charge >= 0.3 is 6.01 Å². The molecule has 11 nitrogen and oxygen atoms in total. The SMILES string of the molecule is CC(C)c1cnn2c(NCc3ccccc3N3CCN(C(=O)/C=C/CN(C)C)CC3)nc(OC3CCN(C)CC3)nc12. The topological polar surface area (TPSA) is 94.4 Å². The molecule has 2 aliphatic rings. The minimum atomic E-state index is 0.0810. The van der Waals surface area contributed by atoms with E-state index in [0.29, 0.717) is 31.6 Å². The van der Waals surface area contributed by atoms with Gasteiger partial charge < -0.3 is 29.7 Å². The zero-order valence-electron chi connectivity index (χ0n) is 25.7. The van der Waals surface area contributed by atoms with Gasteiger partial charge in [0.25, 0.3) is 0 Å². The van der Waals surface area contributed by atoms with E-state index in [4.69, 9.17) is 14.7 Å². The summed E-state index contributed by atoms with van der Waals surface area (Å²) in [6.45, 7) is 10.6. The van der Waals surface area contributed by atoms with Crippen LogP contribution < -0.4 is 15.0 Å². The quantitative estimate of drug-likeness (QED) is 0.366. The summed E-state index contributed by atoms with van der Waals surface area (Å²) in [4.78, 5) is 30.9. The minimum Gasteiger partial charge on any atom is -0.460 e. The number of hydrogen-bond donors (Lipinski definition) is 1. The molecule has 0 radical (unpaired) electrons. The summed E-state index contributed by atoms with van der Waals surface area (Å²) in [6, 6.07) is 8.82. The Balaban J connectivity index is 1.29. The third-order valence-electron chi connectivity index (χ3n) is 8.03. The van der Waals surface area contributed by atoms with Crippen LogP contribution in [0.4, 0.5) is 11.6 Å². The van der Waals surface area contributed by atoms with Gasteiger partial charge in [-0.1, -0.05) is 38.1 Å². The molecule has 1 N–H and O–H groups in total. The van der Waals surface area contributed by atoms with E-state index in [-0.39, 0.29) is 17.9 Å². The Labute approximate surface area is 249 Å². The van der Waals surface area contributed by atoms with Gasteiger partial charge in [-0.25, -0.2) is 0 Å². The van der Waals surface area contributed by atoms with E-state index in [9.17, 15) is 4.79 Å². The predicted octanol–water partition coefficient (Wildman–Crippen LogP) is 3.10. The van der Waals surface area contributed by atoms with E-state index in [2.05, 4.69) is 65.4 Å². The number of para-hydroxylation sites is 1. The van der Waals surface area contributed by atoms with Crippen LogP contribution in [0.2, 0.25) is 0 Å². The van der Waals surface area contributed by atoms with Crippen molar-refractivity contribution in [3.05, 3.63) is 53.7 Å². The molecule has 11 heteroatoms. The molecule has 2 saturated heterocycles. The number of likely N-dealkylation sites (tertiary alicyclic amines) is 1. The number of carbonyl (C=O) groups is 1. The number of amides is 1. The van der Waals surface area contributed by atoms with E-state index in [0.717, 1.165) is 68.0 Å². The van der Waals surface area contributed by atoms with Gasteiger partial charge in [0.05, 0.1) is 6.20 Å². The highest BCUT2D eigenvalue weighted by Gasteiger charge is 2.23. The van der Waals surface area contributed by atoms with Crippen LogP contribution in [0.5, 0.6) is 6.01 Å². The van der Waals surface area contributed by atoms with Gasteiger partial charge in [-0.2, -0.15) is 19.6 Å². The van der Waals surface area contributed by atoms with E-state index >= 15 is 0 Å². The van der Waals surface area contributed by atoms with Crippen molar-refractivity contribution in [2.24, 2.45) is 0 Å². The summed E-state index contributed by atoms with van der Waals surface area (Å²) in [5.41, 5.74) is 4.16. The van der Waals surface area contributed by atoms with Gasteiger partial charge in [-0.15, -0.1) is 0 Å². The fourth-order valence-corrected chi connectivity index (χ4v) is 5.48.